The molecule has 27 heavy (non-hydrogen) atoms. The van der Waals surface area contributed by atoms with Crippen LogP contribution in [-0.2, 0) is 17.7 Å². The summed E-state index contributed by atoms with van der Waals surface area (Å²) in [5.74, 6) is 1.81. The van der Waals surface area contributed by atoms with Crippen LogP contribution in [-0.4, -0.2) is 39.9 Å². The number of hydrogen-bond acceptors (Lipinski definition) is 4. The molecule has 6 heteroatoms. The van der Waals surface area contributed by atoms with E-state index in [0.29, 0.717) is 30.6 Å². The van der Waals surface area contributed by atoms with Gasteiger partial charge in [-0.25, -0.2) is 4.99 Å². The van der Waals surface area contributed by atoms with Gasteiger partial charge in [0, 0.05) is 13.2 Å². The van der Waals surface area contributed by atoms with E-state index in [-0.39, 0.29) is 0 Å². The highest BCUT2D eigenvalue weighted by Gasteiger charge is 2.04. The molecule has 0 aromatic heterocycles. The van der Waals surface area contributed by atoms with Gasteiger partial charge in [-0.15, -0.1) is 0 Å². The van der Waals surface area contributed by atoms with Gasteiger partial charge in [-0.05, 0) is 36.1 Å². The second-order valence-electron chi connectivity index (χ2n) is 6.02. The zero-order chi connectivity index (χ0) is 19.3. The van der Waals surface area contributed by atoms with Crippen molar-refractivity contribution in [1.82, 2.24) is 5.32 Å². The molecular weight excluding hydrogens is 342 g/mol. The molecule has 0 amide bonds. The van der Waals surface area contributed by atoms with Crippen molar-refractivity contribution < 1.29 is 14.2 Å². The van der Waals surface area contributed by atoms with Crippen molar-refractivity contribution in [2.24, 2.45) is 10.7 Å². The van der Waals surface area contributed by atoms with Crippen LogP contribution in [0.2, 0.25) is 0 Å². The van der Waals surface area contributed by atoms with Gasteiger partial charge < -0.3 is 25.3 Å². The van der Waals surface area contributed by atoms with Crippen LogP contribution in [0.15, 0.2) is 53.5 Å². The van der Waals surface area contributed by atoms with Crippen LogP contribution < -0.4 is 20.5 Å². The number of guanidine groups is 1. The van der Waals surface area contributed by atoms with E-state index in [2.05, 4.69) is 22.4 Å². The Kier molecular flexibility index (Phi) is 9.00. The Morgan fingerprint density at radius 1 is 0.963 bits per heavy atom. The predicted molar refractivity (Wildman–Crippen MR) is 108 cm³/mol. The Morgan fingerprint density at radius 3 is 2.48 bits per heavy atom. The van der Waals surface area contributed by atoms with Crippen molar-refractivity contribution in [1.29, 1.82) is 0 Å². The third-order valence-electron chi connectivity index (χ3n) is 4.03. The molecule has 0 aliphatic heterocycles. The third kappa shape index (κ3) is 7.58. The first-order chi connectivity index (χ1) is 13.2. The molecule has 3 N–H and O–H groups in total. The SMILES string of the molecule is COc1ccc(CN=C(N)NCCCOCCc2ccccc2)cc1OC. The molecule has 0 saturated carbocycles. The lowest BCUT2D eigenvalue weighted by molar-refractivity contribution is 0.135. The fraction of sp³-hybridized carbons (Fsp3) is 0.381. The second kappa shape index (κ2) is 11.8. The van der Waals surface area contributed by atoms with Crippen LogP contribution >= 0.6 is 0 Å². The highest BCUT2D eigenvalue weighted by Crippen LogP contribution is 2.27. The third-order valence-corrected chi connectivity index (χ3v) is 4.03. The van der Waals surface area contributed by atoms with E-state index >= 15 is 0 Å². The predicted octanol–water partition coefficient (Wildman–Crippen LogP) is 2.76. The molecule has 0 aliphatic rings. The van der Waals surface area contributed by atoms with Crippen LogP contribution in [0.3, 0.4) is 0 Å². The molecule has 0 unspecified atom stereocenters. The molecule has 146 valence electrons. The Bertz CT molecular complexity index is 705. The summed E-state index contributed by atoms with van der Waals surface area (Å²) in [6.45, 7) is 2.63. The fourth-order valence-electron chi connectivity index (χ4n) is 2.54. The Balaban J connectivity index is 1.60. The van der Waals surface area contributed by atoms with Gasteiger partial charge in [0.25, 0.3) is 0 Å². The lowest BCUT2D eigenvalue weighted by atomic mass is 10.2. The van der Waals surface area contributed by atoms with Crippen molar-refractivity contribution in [2.45, 2.75) is 19.4 Å². The summed E-state index contributed by atoms with van der Waals surface area (Å²) in [4.78, 5) is 4.35. The number of ether oxygens (including phenoxy) is 3. The maximum atomic E-state index is 5.91. The summed E-state index contributed by atoms with van der Waals surface area (Å²) >= 11 is 0. The Labute approximate surface area is 161 Å². The van der Waals surface area contributed by atoms with Gasteiger partial charge in [-0.3, -0.25) is 0 Å². The molecule has 0 bridgehead atoms. The molecule has 2 rings (SSSR count). The van der Waals surface area contributed by atoms with Gasteiger partial charge in [0.05, 0.1) is 27.4 Å². The summed E-state index contributed by atoms with van der Waals surface area (Å²) in [7, 11) is 3.23. The minimum absolute atomic E-state index is 0.425. The van der Waals surface area contributed by atoms with Crippen molar-refractivity contribution in [3.63, 3.8) is 0 Å². The van der Waals surface area contributed by atoms with Gasteiger partial charge in [-0.1, -0.05) is 36.4 Å². The molecule has 0 heterocycles. The molecule has 0 aliphatic carbocycles. The highest BCUT2D eigenvalue weighted by atomic mass is 16.5. The second-order valence-corrected chi connectivity index (χ2v) is 6.02. The maximum absolute atomic E-state index is 5.91. The quantitative estimate of drug-likeness (QED) is 0.361. The van der Waals surface area contributed by atoms with Gasteiger partial charge in [-0.2, -0.15) is 0 Å². The van der Waals surface area contributed by atoms with E-state index < -0.39 is 0 Å². The number of hydrogen-bond donors (Lipinski definition) is 2. The van der Waals surface area contributed by atoms with Gasteiger partial charge in [0.2, 0.25) is 0 Å². The van der Waals surface area contributed by atoms with E-state index in [1.165, 1.54) is 5.56 Å². The monoisotopic (exact) mass is 371 g/mol. The summed E-state index contributed by atoms with van der Waals surface area (Å²) in [6.07, 6.45) is 1.81. The summed E-state index contributed by atoms with van der Waals surface area (Å²) in [6, 6.07) is 16.0. The average molecular weight is 371 g/mol. The standard InChI is InChI=1S/C21H29N3O3/c1-25-19-10-9-18(15-20(19)26-2)16-24-21(22)23-12-6-13-27-14-11-17-7-4-3-5-8-17/h3-5,7-10,15H,6,11-14,16H2,1-2H3,(H3,22,23,24). The number of aliphatic imine (C=N–C) groups is 1. The first kappa shape index (κ1) is 20.6. The van der Waals surface area contributed by atoms with Crippen LogP contribution in [0.4, 0.5) is 0 Å². The first-order valence-corrected chi connectivity index (χ1v) is 9.09. The van der Waals surface area contributed by atoms with Crippen LogP contribution in [0.5, 0.6) is 11.5 Å². The molecular formula is C21H29N3O3. The van der Waals surface area contributed by atoms with Crippen molar-refractivity contribution >= 4 is 5.96 Å². The molecule has 0 spiro atoms. The van der Waals surface area contributed by atoms with Gasteiger partial charge in [0.1, 0.15) is 0 Å². The van der Waals surface area contributed by atoms with Crippen molar-refractivity contribution in [3.05, 3.63) is 59.7 Å². The van der Waals surface area contributed by atoms with Crippen molar-refractivity contribution in [3.8, 4) is 11.5 Å². The number of nitrogens with zero attached hydrogens (tertiary/aromatic N) is 1. The first-order valence-electron chi connectivity index (χ1n) is 9.09. The zero-order valence-corrected chi connectivity index (χ0v) is 16.1. The van der Waals surface area contributed by atoms with E-state index in [0.717, 1.165) is 31.6 Å². The number of methoxy groups -OCH3 is 2. The zero-order valence-electron chi connectivity index (χ0n) is 16.1. The van der Waals surface area contributed by atoms with E-state index in [9.17, 15) is 0 Å². The Morgan fingerprint density at radius 2 is 1.74 bits per heavy atom. The van der Waals surface area contributed by atoms with Crippen molar-refractivity contribution in [2.75, 3.05) is 34.0 Å². The molecule has 6 nitrogen and oxygen atoms in total. The average Bonchev–Trinajstić information content (AvgIpc) is 2.72. The topological polar surface area (TPSA) is 78.1 Å². The minimum atomic E-state index is 0.425. The van der Waals surface area contributed by atoms with E-state index in [1.807, 2.05) is 36.4 Å². The summed E-state index contributed by atoms with van der Waals surface area (Å²) < 4.78 is 16.2. The van der Waals surface area contributed by atoms with Gasteiger partial charge in [0.15, 0.2) is 17.5 Å². The number of benzene rings is 2. The largest absolute Gasteiger partial charge is 0.493 e. The summed E-state index contributed by atoms with van der Waals surface area (Å²) in [5, 5.41) is 3.10. The molecule has 2 aromatic carbocycles. The summed E-state index contributed by atoms with van der Waals surface area (Å²) in [5.41, 5.74) is 8.20. The lowest BCUT2D eigenvalue weighted by Gasteiger charge is -2.09. The maximum Gasteiger partial charge on any atom is 0.188 e. The molecule has 0 radical (unpaired) electrons. The Hall–Kier alpha value is -2.73. The van der Waals surface area contributed by atoms with Crippen LogP contribution in [0.25, 0.3) is 0 Å². The van der Waals surface area contributed by atoms with Gasteiger partial charge >= 0.3 is 0 Å². The number of nitrogens with two attached hydrogens (primary N) is 1. The highest BCUT2D eigenvalue weighted by molar-refractivity contribution is 5.77. The number of rotatable bonds is 11. The normalized spacial score (nSPS) is 11.3. The lowest BCUT2D eigenvalue weighted by Crippen LogP contribution is -2.32. The van der Waals surface area contributed by atoms with E-state index in [1.54, 1.807) is 14.2 Å². The fourth-order valence-corrected chi connectivity index (χ4v) is 2.54. The molecule has 0 saturated heterocycles. The van der Waals surface area contributed by atoms with Crippen LogP contribution in [0, 0.1) is 0 Å². The smallest absolute Gasteiger partial charge is 0.188 e. The minimum Gasteiger partial charge on any atom is -0.493 e. The number of nitrogens with one attached hydrogen (secondary N) is 1. The molecule has 0 fully saturated rings. The molecule has 0 atom stereocenters. The van der Waals surface area contributed by atoms with Crippen LogP contribution in [0.1, 0.15) is 17.5 Å². The van der Waals surface area contributed by atoms with E-state index in [4.69, 9.17) is 19.9 Å². The molecule has 2 aromatic rings.